The summed E-state index contributed by atoms with van der Waals surface area (Å²) in [5.41, 5.74) is 0. The molecule has 0 aromatic heterocycles. The SMILES string of the molecule is CN=CCOCCOCCOCCNC. The fourth-order valence-corrected chi connectivity index (χ4v) is 0.825. The van der Waals surface area contributed by atoms with E-state index in [4.69, 9.17) is 14.2 Å². The Hall–Kier alpha value is -0.490. The lowest BCUT2D eigenvalue weighted by Gasteiger charge is -2.05. The van der Waals surface area contributed by atoms with Crippen molar-refractivity contribution in [3.05, 3.63) is 0 Å². The molecule has 90 valence electrons. The number of ether oxygens (including phenoxy) is 3. The summed E-state index contributed by atoms with van der Waals surface area (Å²) in [4.78, 5) is 3.79. The van der Waals surface area contributed by atoms with Crippen molar-refractivity contribution in [2.24, 2.45) is 4.99 Å². The summed E-state index contributed by atoms with van der Waals surface area (Å²) < 4.78 is 15.7. The zero-order valence-corrected chi connectivity index (χ0v) is 9.70. The molecule has 0 aromatic carbocycles. The Morgan fingerprint density at radius 1 is 1.00 bits per heavy atom. The largest absolute Gasteiger partial charge is 0.378 e. The van der Waals surface area contributed by atoms with Crippen molar-refractivity contribution in [2.45, 2.75) is 0 Å². The summed E-state index contributed by atoms with van der Waals surface area (Å²) in [7, 11) is 3.62. The Balaban J connectivity index is 2.86. The topological polar surface area (TPSA) is 52.1 Å². The lowest BCUT2D eigenvalue weighted by molar-refractivity contribution is 0.0223. The first-order valence-corrected chi connectivity index (χ1v) is 5.20. The van der Waals surface area contributed by atoms with Crippen molar-refractivity contribution < 1.29 is 14.2 Å². The lowest BCUT2D eigenvalue weighted by atomic mass is 10.6. The third kappa shape index (κ3) is 13.5. The number of nitrogens with zero attached hydrogens (tertiary/aromatic N) is 1. The molecule has 0 amide bonds. The number of aliphatic imine (C=N–C) groups is 1. The molecule has 0 aliphatic heterocycles. The lowest BCUT2D eigenvalue weighted by Crippen LogP contribution is -2.16. The van der Waals surface area contributed by atoms with Gasteiger partial charge in [-0.25, -0.2) is 0 Å². The summed E-state index contributed by atoms with van der Waals surface area (Å²) in [6.45, 7) is 4.61. The number of likely N-dealkylation sites (N-methyl/N-ethyl adjacent to an activating group) is 1. The van der Waals surface area contributed by atoms with Gasteiger partial charge in [0.15, 0.2) is 0 Å². The molecule has 0 radical (unpaired) electrons. The van der Waals surface area contributed by atoms with Gasteiger partial charge in [-0.1, -0.05) is 0 Å². The Kier molecular flexibility index (Phi) is 13.1. The van der Waals surface area contributed by atoms with E-state index in [1.807, 2.05) is 7.05 Å². The van der Waals surface area contributed by atoms with Gasteiger partial charge in [-0.2, -0.15) is 0 Å². The molecule has 0 saturated heterocycles. The van der Waals surface area contributed by atoms with Gasteiger partial charge < -0.3 is 19.5 Å². The van der Waals surface area contributed by atoms with Gasteiger partial charge in [0.2, 0.25) is 0 Å². The fraction of sp³-hybridized carbons (Fsp3) is 0.900. The van der Waals surface area contributed by atoms with Gasteiger partial charge in [-0.15, -0.1) is 0 Å². The van der Waals surface area contributed by atoms with E-state index in [-0.39, 0.29) is 0 Å². The van der Waals surface area contributed by atoms with Gasteiger partial charge in [0.05, 0.1) is 39.6 Å². The number of hydrogen-bond donors (Lipinski definition) is 1. The van der Waals surface area contributed by atoms with Crippen LogP contribution in [0, 0.1) is 0 Å². The molecule has 0 rings (SSSR count). The smallest absolute Gasteiger partial charge is 0.0815 e. The molecule has 0 aromatic rings. The summed E-state index contributed by atoms with van der Waals surface area (Å²) in [6.07, 6.45) is 1.72. The van der Waals surface area contributed by atoms with Gasteiger partial charge in [-0.3, -0.25) is 4.99 Å². The van der Waals surface area contributed by atoms with Gasteiger partial charge in [-0.05, 0) is 7.05 Å². The van der Waals surface area contributed by atoms with E-state index in [1.54, 1.807) is 13.3 Å². The average molecular weight is 218 g/mol. The van der Waals surface area contributed by atoms with Crippen LogP contribution in [-0.4, -0.2) is 66.5 Å². The van der Waals surface area contributed by atoms with Crippen LogP contribution in [0.2, 0.25) is 0 Å². The zero-order valence-electron chi connectivity index (χ0n) is 9.70. The maximum absolute atomic E-state index is 5.28. The van der Waals surface area contributed by atoms with E-state index in [1.165, 1.54) is 0 Å². The summed E-state index contributed by atoms with van der Waals surface area (Å²) in [5, 5.41) is 3.00. The molecule has 0 fully saturated rings. The highest BCUT2D eigenvalue weighted by molar-refractivity contribution is 5.58. The average Bonchev–Trinajstić information content (AvgIpc) is 2.26. The molecule has 0 saturated carbocycles. The van der Waals surface area contributed by atoms with Crippen LogP contribution < -0.4 is 5.32 Å². The van der Waals surface area contributed by atoms with E-state index < -0.39 is 0 Å². The van der Waals surface area contributed by atoms with Crippen molar-refractivity contribution in [1.29, 1.82) is 0 Å². The van der Waals surface area contributed by atoms with Crippen molar-refractivity contribution in [1.82, 2.24) is 5.32 Å². The minimum Gasteiger partial charge on any atom is -0.378 e. The second-order valence-electron chi connectivity index (χ2n) is 2.84. The Labute approximate surface area is 91.8 Å². The minimum absolute atomic E-state index is 0.554. The van der Waals surface area contributed by atoms with Crippen LogP contribution >= 0.6 is 0 Å². The highest BCUT2D eigenvalue weighted by atomic mass is 16.5. The molecule has 0 unspecified atom stereocenters. The standard InChI is InChI=1S/C10H22N2O3/c1-11-3-5-13-7-9-15-10-8-14-6-4-12-2/h3,12H,4-10H2,1-2H3. The van der Waals surface area contributed by atoms with Crippen LogP contribution in [0.1, 0.15) is 0 Å². The first-order chi connectivity index (χ1) is 7.41. The maximum Gasteiger partial charge on any atom is 0.0815 e. The highest BCUT2D eigenvalue weighted by Gasteiger charge is 1.89. The molecule has 0 bridgehead atoms. The molecule has 5 heteroatoms. The van der Waals surface area contributed by atoms with Crippen molar-refractivity contribution in [3.63, 3.8) is 0 Å². The van der Waals surface area contributed by atoms with Crippen molar-refractivity contribution in [2.75, 3.05) is 60.3 Å². The molecule has 1 N–H and O–H groups in total. The molecule has 0 heterocycles. The van der Waals surface area contributed by atoms with Crippen LogP contribution in [0.3, 0.4) is 0 Å². The molecule has 0 atom stereocenters. The molecule has 0 aliphatic rings. The third-order valence-electron chi connectivity index (χ3n) is 1.62. The molecule has 0 aliphatic carbocycles. The van der Waals surface area contributed by atoms with Gasteiger partial charge in [0.25, 0.3) is 0 Å². The number of nitrogens with one attached hydrogen (secondary N) is 1. The summed E-state index contributed by atoms with van der Waals surface area (Å²) >= 11 is 0. The first-order valence-electron chi connectivity index (χ1n) is 5.20. The van der Waals surface area contributed by atoms with E-state index in [2.05, 4.69) is 10.3 Å². The van der Waals surface area contributed by atoms with E-state index in [0.29, 0.717) is 33.0 Å². The van der Waals surface area contributed by atoms with E-state index in [0.717, 1.165) is 13.2 Å². The monoisotopic (exact) mass is 218 g/mol. The maximum atomic E-state index is 5.28. The second-order valence-corrected chi connectivity index (χ2v) is 2.84. The highest BCUT2D eigenvalue weighted by Crippen LogP contribution is 1.80. The summed E-state index contributed by atoms with van der Waals surface area (Å²) in [6, 6.07) is 0. The van der Waals surface area contributed by atoms with Gasteiger partial charge in [0, 0.05) is 19.8 Å². The number of hydrogen-bond acceptors (Lipinski definition) is 5. The predicted molar refractivity (Wildman–Crippen MR) is 60.8 cm³/mol. The molecule has 0 spiro atoms. The van der Waals surface area contributed by atoms with Crippen LogP contribution in [0.4, 0.5) is 0 Å². The zero-order chi connectivity index (χ0) is 11.2. The summed E-state index contributed by atoms with van der Waals surface area (Å²) in [5.74, 6) is 0. The van der Waals surface area contributed by atoms with E-state index >= 15 is 0 Å². The second kappa shape index (κ2) is 13.5. The molecular formula is C10H22N2O3. The first kappa shape index (κ1) is 14.5. The van der Waals surface area contributed by atoms with Crippen LogP contribution in [0.15, 0.2) is 4.99 Å². The van der Waals surface area contributed by atoms with Crippen molar-refractivity contribution >= 4 is 6.21 Å². The number of rotatable bonds is 11. The Morgan fingerprint density at radius 2 is 1.60 bits per heavy atom. The molecule has 5 nitrogen and oxygen atoms in total. The van der Waals surface area contributed by atoms with Crippen LogP contribution in [0.25, 0.3) is 0 Å². The molecule has 15 heavy (non-hydrogen) atoms. The predicted octanol–water partition coefficient (Wildman–Crippen LogP) is -0.0438. The minimum atomic E-state index is 0.554. The molecular weight excluding hydrogens is 196 g/mol. The van der Waals surface area contributed by atoms with Gasteiger partial charge >= 0.3 is 0 Å². The normalized spacial score (nSPS) is 11.3. The quantitative estimate of drug-likeness (QED) is 0.390. The fourth-order valence-electron chi connectivity index (χ4n) is 0.825. The Bertz CT molecular complexity index is 143. The van der Waals surface area contributed by atoms with Crippen LogP contribution in [-0.2, 0) is 14.2 Å². The van der Waals surface area contributed by atoms with Crippen molar-refractivity contribution in [3.8, 4) is 0 Å². The van der Waals surface area contributed by atoms with E-state index in [9.17, 15) is 0 Å². The Morgan fingerprint density at radius 3 is 2.20 bits per heavy atom. The van der Waals surface area contributed by atoms with Crippen LogP contribution in [0.5, 0.6) is 0 Å². The van der Waals surface area contributed by atoms with Gasteiger partial charge in [0.1, 0.15) is 0 Å². The third-order valence-corrected chi connectivity index (χ3v) is 1.62.